The molecule has 0 fully saturated rings. The summed E-state index contributed by atoms with van der Waals surface area (Å²) >= 11 is 0. The number of aromatic nitrogens is 2. The molecule has 0 aliphatic carbocycles. The van der Waals surface area contributed by atoms with Gasteiger partial charge in [0.15, 0.2) is 0 Å². The molecular formula is C20H24N4O4S. The molecule has 154 valence electrons. The van der Waals surface area contributed by atoms with Gasteiger partial charge in [0.1, 0.15) is 0 Å². The van der Waals surface area contributed by atoms with Crippen molar-refractivity contribution < 1.29 is 13.2 Å². The maximum atomic E-state index is 12.5. The third kappa shape index (κ3) is 3.96. The van der Waals surface area contributed by atoms with Crippen LogP contribution >= 0.6 is 0 Å². The highest BCUT2D eigenvalue weighted by Crippen LogP contribution is 2.22. The highest BCUT2D eigenvalue weighted by Gasteiger charge is 2.19. The van der Waals surface area contributed by atoms with Gasteiger partial charge in [-0.15, -0.1) is 0 Å². The number of imidazole rings is 1. The summed E-state index contributed by atoms with van der Waals surface area (Å²) in [5, 5.41) is 2.76. The number of benzene rings is 2. The van der Waals surface area contributed by atoms with Gasteiger partial charge in [-0.05, 0) is 36.8 Å². The van der Waals surface area contributed by atoms with E-state index in [1.807, 2.05) is 24.3 Å². The number of anilines is 1. The van der Waals surface area contributed by atoms with E-state index in [4.69, 9.17) is 0 Å². The molecule has 0 saturated carbocycles. The Morgan fingerprint density at radius 3 is 2.41 bits per heavy atom. The Hall–Kier alpha value is -2.91. The molecule has 0 radical (unpaired) electrons. The van der Waals surface area contributed by atoms with Crippen LogP contribution in [-0.2, 0) is 28.4 Å². The van der Waals surface area contributed by atoms with Crippen LogP contribution in [0.5, 0.6) is 0 Å². The molecule has 0 aliphatic rings. The fourth-order valence-electron chi connectivity index (χ4n) is 3.11. The first-order chi connectivity index (χ1) is 13.6. The van der Waals surface area contributed by atoms with E-state index in [2.05, 4.69) is 5.32 Å². The monoisotopic (exact) mass is 416 g/mol. The van der Waals surface area contributed by atoms with Crippen LogP contribution in [0.4, 0.5) is 5.69 Å². The van der Waals surface area contributed by atoms with Gasteiger partial charge >= 0.3 is 5.69 Å². The lowest BCUT2D eigenvalue weighted by molar-refractivity contribution is -0.116. The summed E-state index contributed by atoms with van der Waals surface area (Å²) in [6, 6.07) is 12.0. The molecule has 0 atom stereocenters. The molecule has 0 bridgehead atoms. The van der Waals surface area contributed by atoms with Crippen LogP contribution in [0.2, 0.25) is 0 Å². The highest BCUT2D eigenvalue weighted by atomic mass is 32.2. The number of rotatable bonds is 6. The maximum Gasteiger partial charge on any atom is 0.328 e. The molecule has 1 heterocycles. The number of nitrogens with one attached hydrogen (secondary N) is 1. The molecule has 1 N–H and O–H groups in total. The van der Waals surface area contributed by atoms with E-state index in [-0.39, 0.29) is 29.5 Å². The number of aryl methyl sites for hydroxylation is 3. The van der Waals surface area contributed by atoms with E-state index in [1.165, 1.54) is 26.2 Å². The average Bonchev–Trinajstić information content (AvgIpc) is 2.92. The van der Waals surface area contributed by atoms with Gasteiger partial charge in [0.2, 0.25) is 15.9 Å². The van der Waals surface area contributed by atoms with Crippen molar-refractivity contribution in [3.8, 4) is 0 Å². The summed E-state index contributed by atoms with van der Waals surface area (Å²) in [5.41, 5.74) is 2.56. The number of amides is 1. The molecule has 3 aromatic rings. The molecule has 9 heteroatoms. The third-order valence-corrected chi connectivity index (χ3v) is 6.69. The molecule has 0 saturated heterocycles. The fraction of sp³-hybridized carbons (Fsp3) is 0.300. The first kappa shape index (κ1) is 20.8. The van der Waals surface area contributed by atoms with E-state index in [9.17, 15) is 18.0 Å². The van der Waals surface area contributed by atoms with Crippen LogP contribution < -0.4 is 11.0 Å². The topological polar surface area (TPSA) is 93.4 Å². The van der Waals surface area contributed by atoms with E-state index >= 15 is 0 Å². The largest absolute Gasteiger partial charge is 0.328 e. The normalized spacial score (nSPS) is 11.9. The van der Waals surface area contributed by atoms with Crippen LogP contribution in [0.15, 0.2) is 52.2 Å². The zero-order valence-electron chi connectivity index (χ0n) is 16.8. The van der Waals surface area contributed by atoms with E-state index in [0.29, 0.717) is 5.69 Å². The van der Waals surface area contributed by atoms with Gasteiger partial charge in [-0.2, -0.15) is 0 Å². The zero-order valence-corrected chi connectivity index (χ0v) is 17.7. The Labute approximate surface area is 169 Å². The lowest BCUT2D eigenvalue weighted by Crippen LogP contribution is -2.25. The van der Waals surface area contributed by atoms with Crippen molar-refractivity contribution in [1.82, 2.24) is 13.4 Å². The Morgan fingerprint density at radius 2 is 1.76 bits per heavy atom. The van der Waals surface area contributed by atoms with Crippen LogP contribution in [0, 0.1) is 6.92 Å². The molecule has 1 amide bonds. The lowest BCUT2D eigenvalue weighted by atomic mass is 10.2. The van der Waals surface area contributed by atoms with Crippen LogP contribution in [0.3, 0.4) is 0 Å². The second-order valence-corrected chi connectivity index (χ2v) is 9.20. The molecule has 0 aliphatic heterocycles. The second-order valence-electron chi connectivity index (χ2n) is 7.04. The van der Waals surface area contributed by atoms with Gasteiger partial charge in [-0.25, -0.2) is 17.5 Å². The number of para-hydroxylation sites is 2. The summed E-state index contributed by atoms with van der Waals surface area (Å²) in [7, 11) is 1.00. The standard InChI is InChI=1S/C20H24N4O4S/c1-14-9-10-15(29(27,28)22(2)3)13-16(14)21-19(25)11-12-24-18-8-6-5-7-17(18)23(4)20(24)26/h5-10,13H,11-12H2,1-4H3,(H,21,25). The van der Waals surface area contributed by atoms with Gasteiger partial charge in [-0.1, -0.05) is 18.2 Å². The van der Waals surface area contributed by atoms with Crippen molar-refractivity contribution in [2.45, 2.75) is 24.8 Å². The number of nitrogens with zero attached hydrogens (tertiary/aromatic N) is 3. The number of hydrogen-bond acceptors (Lipinski definition) is 4. The minimum atomic E-state index is -3.60. The molecule has 3 rings (SSSR count). The summed E-state index contributed by atoms with van der Waals surface area (Å²) in [6.45, 7) is 2.01. The number of carbonyl (C=O) groups is 1. The van der Waals surface area contributed by atoms with Crippen molar-refractivity contribution >= 4 is 32.7 Å². The summed E-state index contributed by atoms with van der Waals surface area (Å²) in [4.78, 5) is 25.1. The lowest BCUT2D eigenvalue weighted by Gasteiger charge is -2.14. The van der Waals surface area contributed by atoms with Gasteiger partial charge < -0.3 is 5.32 Å². The van der Waals surface area contributed by atoms with E-state index in [1.54, 1.807) is 29.2 Å². The highest BCUT2D eigenvalue weighted by molar-refractivity contribution is 7.89. The second kappa shape index (κ2) is 7.84. The fourth-order valence-corrected chi connectivity index (χ4v) is 4.04. The molecular weight excluding hydrogens is 392 g/mol. The summed E-state index contributed by atoms with van der Waals surface area (Å²) in [5.74, 6) is -0.299. The zero-order chi connectivity index (χ0) is 21.3. The van der Waals surface area contributed by atoms with Crippen molar-refractivity contribution in [2.75, 3.05) is 19.4 Å². The quantitative estimate of drug-likeness (QED) is 0.664. The van der Waals surface area contributed by atoms with E-state index in [0.717, 1.165) is 20.9 Å². The average molecular weight is 417 g/mol. The predicted octanol–water partition coefficient (Wildman–Crippen LogP) is 1.93. The minimum absolute atomic E-state index is 0.0814. The Morgan fingerprint density at radius 1 is 1.10 bits per heavy atom. The minimum Gasteiger partial charge on any atom is -0.326 e. The molecule has 8 nitrogen and oxygen atoms in total. The number of sulfonamides is 1. The van der Waals surface area contributed by atoms with Crippen LogP contribution in [-0.4, -0.2) is 41.9 Å². The van der Waals surface area contributed by atoms with Gasteiger partial charge in [0, 0.05) is 39.8 Å². The number of fused-ring (bicyclic) bond motifs is 1. The number of carbonyl (C=O) groups excluding carboxylic acids is 1. The van der Waals surface area contributed by atoms with Crippen molar-refractivity contribution in [3.05, 3.63) is 58.5 Å². The Kier molecular flexibility index (Phi) is 5.63. The van der Waals surface area contributed by atoms with Gasteiger partial charge in [0.05, 0.1) is 15.9 Å². The summed E-state index contributed by atoms with van der Waals surface area (Å²) in [6.07, 6.45) is 0.0814. The Balaban J connectivity index is 1.79. The number of hydrogen-bond donors (Lipinski definition) is 1. The molecule has 1 aromatic heterocycles. The van der Waals surface area contributed by atoms with Gasteiger partial charge in [0.25, 0.3) is 0 Å². The van der Waals surface area contributed by atoms with Crippen LogP contribution in [0.1, 0.15) is 12.0 Å². The van der Waals surface area contributed by atoms with E-state index < -0.39 is 10.0 Å². The SMILES string of the molecule is Cc1ccc(S(=O)(=O)N(C)C)cc1NC(=O)CCn1c(=O)n(C)c2ccccc21. The van der Waals surface area contributed by atoms with Gasteiger partial charge in [-0.3, -0.25) is 13.9 Å². The Bertz CT molecular complexity index is 1240. The predicted molar refractivity (Wildman–Crippen MR) is 112 cm³/mol. The van der Waals surface area contributed by atoms with Crippen molar-refractivity contribution in [2.24, 2.45) is 7.05 Å². The molecule has 0 spiro atoms. The van der Waals surface area contributed by atoms with Crippen molar-refractivity contribution in [3.63, 3.8) is 0 Å². The smallest absolute Gasteiger partial charge is 0.326 e. The molecule has 0 unspecified atom stereocenters. The summed E-state index contributed by atoms with van der Waals surface area (Å²) < 4.78 is 28.9. The van der Waals surface area contributed by atoms with Crippen LogP contribution in [0.25, 0.3) is 11.0 Å². The molecule has 2 aromatic carbocycles. The molecule has 29 heavy (non-hydrogen) atoms. The maximum absolute atomic E-state index is 12.5. The first-order valence-corrected chi connectivity index (χ1v) is 10.5. The third-order valence-electron chi connectivity index (χ3n) is 4.88. The van der Waals surface area contributed by atoms with Crippen molar-refractivity contribution in [1.29, 1.82) is 0 Å². The first-order valence-electron chi connectivity index (χ1n) is 9.10.